The molecule has 3 N–H and O–H groups in total. The largest absolute Gasteiger partial charge is 0.493 e. The molecule has 3 rings (SSSR count). The lowest BCUT2D eigenvalue weighted by Crippen LogP contribution is -2.20. The summed E-state index contributed by atoms with van der Waals surface area (Å²) in [5, 5.41) is 16.3. The predicted octanol–water partition coefficient (Wildman–Crippen LogP) is 5.20. The van der Waals surface area contributed by atoms with E-state index in [2.05, 4.69) is 22.5 Å². The number of pyridine rings is 1. The molecular formula is C22H26F3N3O. The number of aromatic hydroxyl groups is 1. The number of halogens is 3. The number of benzene rings is 1. The lowest BCUT2D eigenvalue weighted by molar-refractivity contribution is 0.220. The van der Waals surface area contributed by atoms with Crippen LogP contribution in [-0.2, 0) is 5.67 Å². The first-order valence-corrected chi connectivity index (χ1v) is 9.70. The van der Waals surface area contributed by atoms with Gasteiger partial charge in [-0.05, 0) is 51.0 Å². The van der Waals surface area contributed by atoms with Crippen LogP contribution in [0.5, 0.6) is 5.88 Å². The molecule has 0 radical (unpaired) electrons. The number of nitrogens with zero attached hydrogens (tertiary/aromatic N) is 1. The van der Waals surface area contributed by atoms with Gasteiger partial charge in [-0.15, -0.1) is 0 Å². The molecule has 0 fully saturated rings. The normalized spacial score (nSPS) is 17.6. The van der Waals surface area contributed by atoms with E-state index in [1.165, 1.54) is 26.0 Å². The Labute approximate surface area is 168 Å². The van der Waals surface area contributed by atoms with Crippen LogP contribution >= 0.6 is 0 Å². The van der Waals surface area contributed by atoms with Gasteiger partial charge in [-0.1, -0.05) is 6.92 Å². The third-order valence-electron chi connectivity index (χ3n) is 5.18. The molecule has 0 spiro atoms. The van der Waals surface area contributed by atoms with Gasteiger partial charge in [-0.2, -0.15) is 0 Å². The molecule has 0 saturated carbocycles. The van der Waals surface area contributed by atoms with Crippen LogP contribution < -0.4 is 10.6 Å². The van der Waals surface area contributed by atoms with Gasteiger partial charge in [-0.25, -0.2) is 18.2 Å². The molecule has 2 atom stereocenters. The molecule has 4 nitrogen and oxygen atoms in total. The van der Waals surface area contributed by atoms with Crippen LogP contribution in [0.1, 0.15) is 57.7 Å². The lowest BCUT2D eigenvalue weighted by Gasteiger charge is -2.19. The zero-order valence-corrected chi connectivity index (χ0v) is 17.0. The van der Waals surface area contributed by atoms with Crippen LogP contribution in [0.3, 0.4) is 0 Å². The van der Waals surface area contributed by atoms with E-state index in [0.29, 0.717) is 6.04 Å². The minimum Gasteiger partial charge on any atom is -0.493 e. The molecule has 0 saturated heterocycles. The second-order valence-electron chi connectivity index (χ2n) is 7.94. The molecule has 1 aromatic heterocycles. The van der Waals surface area contributed by atoms with Crippen molar-refractivity contribution >= 4 is 0 Å². The van der Waals surface area contributed by atoms with Crippen molar-refractivity contribution in [2.75, 3.05) is 0 Å². The van der Waals surface area contributed by atoms with Gasteiger partial charge in [0, 0.05) is 41.6 Å². The molecule has 0 aliphatic carbocycles. The molecule has 1 unspecified atom stereocenters. The highest BCUT2D eigenvalue weighted by atomic mass is 19.1. The van der Waals surface area contributed by atoms with Crippen molar-refractivity contribution in [3.63, 3.8) is 0 Å². The number of hydrogen-bond donors (Lipinski definition) is 3. The van der Waals surface area contributed by atoms with Gasteiger partial charge in [0.05, 0.1) is 11.7 Å². The number of alkyl halides is 1. The van der Waals surface area contributed by atoms with Gasteiger partial charge in [-0.3, -0.25) is 0 Å². The van der Waals surface area contributed by atoms with Crippen molar-refractivity contribution in [1.82, 2.24) is 15.6 Å². The maximum atomic E-state index is 14.8. The summed E-state index contributed by atoms with van der Waals surface area (Å²) in [5.74, 6) is -1.75. The average Bonchev–Trinajstić information content (AvgIpc) is 3.09. The quantitative estimate of drug-likeness (QED) is 0.618. The molecule has 0 amide bonds. The second-order valence-corrected chi connectivity index (χ2v) is 7.94. The zero-order valence-electron chi connectivity index (χ0n) is 17.0. The van der Waals surface area contributed by atoms with Gasteiger partial charge in [0.1, 0.15) is 17.3 Å². The first-order chi connectivity index (χ1) is 13.6. The summed E-state index contributed by atoms with van der Waals surface area (Å²) < 4.78 is 43.9. The highest BCUT2D eigenvalue weighted by molar-refractivity contribution is 5.63. The van der Waals surface area contributed by atoms with Crippen molar-refractivity contribution in [1.29, 1.82) is 0 Å². The standard InChI is InChI=1S/C22H26F3N3O/c1-5-14-8-15(11-26-14)27-12(2)16-9-19(24)17(10-18(16)23)20-6-13(22(3,4)25)7-21(29)28-20/h6-7,9-12,14,26-27H,5,8H2,1-4H3,(H,28,29)/t12?,14-/m0/s1. The minimum atomic E-state index is -1.76. The van der Waals surface area contributed by atoms with E-state index in [4.69, 9.17) is 0 Å². The smallest absolute Gasteiger partial charge is 0.211 e. The van der Waals surface area contributed by atoms with Crippen LogP contribution in [0.15, 0.2) is 36.2 Å². The minimum absolute atomic E-state index is 0.0252. The number of aromatic nitrogens is 1. The molecule has 2 heterocycles. The number of hydrogen-bond acceptors (Lipinski definition) is 4. The molecular weight excluding hydrogens is 379 g/mol. The van der Waals surface area contributed by atoms with E-state index in [1.54, 1.807) is 6.92 Å². The van der Waals surface area contributed by atoms with Gasteiger partial charge < -0.3 is 15.7 Å². The summed E-state index contributed by atoms with van der Waals surface area (Å²) in [7, 11) is 0. The summed E-state index contributed by atoms with van der Waals surface area (Å²) >= 11 is 0. The Kier molecular flexibility index (Phi) is 5.78. The van der Waals surface area contributed by atoms with Crippen molar-refractivity contribution in [2.24, 2.45) is 0 Å². The van der Waals surface area contributed by atoms with E-state index < -0.39 is 29.2 Å². The SMILES string of the molecule is CC[C@H]1CC(NC(C)c2cc(F)c(-c3cc(C(C)(C)F)cc(O)n3)cc2F)=CN1. The summed E-state index contributed by atoms with van der Waals surface area (Å²) in [6, 6.07) is 4.55. The maximum Gasteiger partial charge on any atom is 0.211 e. The van der Waals surface area contributed by atoms with E-state index in [-0.39, 0.29) is 22.4 Å². The molecule has 0 bridgehead atoms. The Balaban J connectivity index is 1.89. The summed E-state index contributed by atoms with van der Waals surface area (Å²) in [6.07, 6.45) is 3.64. The van der Waals surface area contributed by atoms with Crippen molar-refractivity contribution in [3.8, 4) is 17.1 Å². The molecule has 2 aromatic rings. The highest BCUT2D eigenvalue weighted by Gasteiger charge is 2.24. The van der Waals surface area contributed by atoms with Crippen LogP contribution in [0.25, 0.3) is 11.3 Å². The third-order valence-corrected chi connectivity index (χ3v) is 5.18. The van der Waals surface area contributed by atoms with Gasteiger partial charge in [0.15, 0.2) is 0 Å². The molecule has 156 valence electrons. The van der Waals surface area contributed by atoms with Gasteiger partial charge >= 0.3 is 0 Å². The van der Waals surface area contributed by atoms with Crippen LogP contribution in [0.2, 0.25) is 0 Å². The maximum absolute atomic E-state index is 14.8. The molecule has 1 aromatic carbocycles. The van der Waals surface area contributed by atoms with E-state index in [9.17, 15) is 18.3 Å². The number of nitrogens with one attached hydrogen (secondary N) is 2. The van der Waals surface area contributed by atoms with Gasteiger partial charge in [0.2, 0.25) is 5.88 Å². The first kappa shape index (κ1) is 21.0. The van der Waals surface area contributed by atoms with Crippen LogP contribution in [0.4, 0.5) is 13.2 Å². The Morgan fingerprint density at radius 1 is 1.24 bits per heavy atom. The Hall–Kier alpha value is -2.70. The Morgan fingerprint density at radius 3 is 2.59 bits per heavy atom. The third kappa shape index (κ3) is 4.66. The molecule has 1 aliphatic rings. The van der Waals surface area contributed by atoms with E-state index >= 15 is 0 Å². The van der Waals surface area contributed by atoms with E-state index in [1.807, 2.05) is 6.20 Å². The fourth-order valence-corrected chi connectivity index (χ4v) is 3.41. The van der Waals surface area contributed by atoms with Crippen LogP contribution in [-0.4, -0.2) is 16.1 Å². The predicted molar refractivity (Wildman–Crippen MR) is 107 cm³/mol. The topological polar surface area (TPSA) is 57.2 Å². The summed E-state index contributed by atoms with van der Waals surface area (Å²) in [4.78, 5) is 3.84. The fourth-order valence-electron chi connectivity index (χ4n) is 3.41. The fraction of sp³-hybridized carbons (Fsp3) is 0.409. The van der Waals surface area contributed by atoms with Gasteiger partial charge in [0.25, 0.3) is 0 Å². The number of rotatable bonds is 6. The second kappa shape index (κ2) is 7.97. The highest BCUT2D eigenvalue weighted by Crippen LogP contribution is 2.33. The van der Waals surface area contributed by atoms with Crippen molar-refractivity contribution < 1.29 is 18.3 Å². The Morgan fingerprint density at radius 2 is 1.97 bits per heavy atom. The lowest BCUT2D eigenvalue weighted by atomic mass is 9.97. The molecule has 29 heavy (non-hydrogen) atoms. The van der Waals surface area contributed by atoms with E-state index in [0.717, 1.165) is 30.7 Å². The molecule has 1 aliphatic heterocycles. The average molecular weight is 405 g/mol. The Bertz CT molecular complexity index is 938. The van der Waals surface area contributed by atoms with Crippen molar-refractivity contribution in [3.05, 3.63) is 58.9 Å². The summed E-state index contributed by atoms with van der Waals surface area (Å²) in [5.41, 5.74) is -0.668. The zero-order chi connectivity index (χ0) is 21.3. The monoisotopic (exact) mass is 405 g/mol. The molecule has 7 heteroatoms. The first-order valence-electron chi connectivity index (χ1n) is 9.70. The summed E-state index contributed by atoms with van der Waals surface area (Å²) in [6.45, 7) is 6.47. The van der Waals surface area contributed by atoms with Crippen molar-refractivity contribution in [2.45, 2.75) is 58.3 Å². The van der Waals surface area contributed by atoms with Crippen LogP contribution in [0, 0.1) is 11.6 Å².